The number of rotatable bonds is 5. The third kappa shape index (κ3) is 4.64. The largest absolute Gasteiger partial charge is 0.431 e. The average molecular weight is 433 g/mol. The first kappa shape index (κ1) is 20.8. The lowest BCUT2D eigenvalue weighted by Gasteiger charge is -2.11. The number of hydrogen-bond acceptors (Lipinski definition) is 4. The van der Waals surface area contributed by atoms with Crippen LogP contribution in [0.4, 0.5) is 10.1 Å². The molecule has 0 saturated carbocycles. The first-order valence-corrected chi connectivity index (χ1v) is 10.6. The number of ether oxygens (including phenoxy) is 1. The molecule has 3 aromatic carbocycles. The Morgan fingerprint density at radius 1 is 1.00 bits per heavy atom. The molecule has 0 spiro atoms. The van der Waals surface area contributed by atoms with Crippen LogP contribution in [0.5, 0.6) is 10.9 Å². The number of aromatic nitrogens is 1. The third-order valence-corrected chi connectivity index (χ3v) is 5.71. The minimum absolute atomic E-state index is 0.0599. The number of halogens is 1. The normalized spacial score (nSPS) is 10.7. The first-order chi connectivity index (χ1) is 14.9. The standard InChI is InChI=1S/C25H21FN2O2S/c1-15-7-12-20(30-25-27-14-17(3)31-25)13-21(15)18-8-10-19(11-9-18)28-24(29)23-16(2)5-4-6-22(23)26/h4-14H,1-3H3,(H,28,29). The summed E-state index contributed by atoms with van der Waals surface area (Å²) in [5.41, 5.74) is 4.36. The lowest BCUT2D eigenvalue weighted by Crippen LogP contribution is -2.15. The molecule has 0 saturated heterocycles. The van der Waals surface area contributed by atoms with E-state index in [1.54, 1.807) is 37.4 Å². The Bertz CT molecular complexity index is 1230. The molecule has 31 heavy (non-hydrogen) atoms. The molecule has 4 rings (SSSR count). The van der Waals surface area contributed by atoms with Gasteiger partial charge in [-0.2, -0.15) is 0 Å². The fraction of sp³-hybridized carbons (Fsp3) is 0.120. The van der Waals surface area contributed by atoms with Crippen molar-refractivity contribution >= 4 is 22.9 Å². The Labute approximate surface area is 184 Å². The van der Waals surface area contributed by atoms with Crippen LogP contribution in [0.15, 0.2) is 66.9 Å². The smallest absolute Gasteiger partial charge is 0.278 e. The highest BCUT2D eigenvalue weighted by molar-refractivity contribution is 7.13. The summed E-state index contributed by atoms with van der Waals surface area (Å²) in [6, 6.07) is 17.9. The van der Waals surface area contributed by atoms with E-state index < -0.39 is 11.7 Å². The second-order valence-electron chi connectivity index (χ2n) is 7.28. The van der Waals surface area contributed by atoms with Gasteiger partial charge in [-0.15, -0.1) is 0 Å². The van der Waals surface area contributed by atoms with Crippen LogP contribution in [0.2, 0.25) is 0 Å². The van der Waals surface area contributed by atoms with Gasteiger partial charge in [0.15, 0.2) is 0 Å². The summed E-state index contributed by atoms with van der Waals surface area (Å²) in [7, 11) is 0. The van der Waals surface area contributed by atoms with Crippen LogP contribution >= 0.6 is 11.3 Å². The molecule has 0 aliphatic heterocycles. The Morgan fingerprint density at radius 3 is 2.45 bits per heavy atom. The van der Waals surface area contributed by atoms with E-state index in [1.807, 2.05) is 44.2 Å². The number of benzene rings is 3. The Hall–Kier alpha value is -3.51. The fourth-order valence-corrected chi connectivity index (χ4v) is 3.93. The molecule has 4 aromatic rings. The van der Waals surface area contributed by atoms with Crippen molar-refractivity contribution in [2.75, 3.05) is 5.32 Å². The predicted octanol–water partition coefficient (Wildman–Crippen LogP) is 6.92. The summed E-state index contributed by atoms with van der Waals surface area (Å²) < 4.78 is 19.9. The monoisotopic (exact) mass is 432 g/mol. The van der Waals surface area contributed by atoms with Gasteiger partial charge in [0, 0.05) is 16.8 Å². The molecule has 0 radical (unpaired) electrons. The minimum Gasteiger partial charge on any atom is -0.431 e. The van der Waals surface area contributed by atoms with Gasteiger partial charge in [-0.1, -0.05) is 41.7 Å². The second kappa shape index (κ2) is 8.70. The van der Waals surface area contributed by atoms with Crippen LogP contribution < -0.4 is 10.1 Å². The molecule has 0 unspecified atom stereocenters. The zero-order valence-electron chi connectivity index (χ0n) is 17.4. The van der Waals surface area contributed by atoms with Crippen molar-refractivity contribution in [2.45, 2.75) is 20.8 Å². The number of aryl methyl sites for hydroxylation is 3. The van der Waals surface area contributed by atoms with Crippen molar-refractivity contribution in [3.05, 3.63) is 94.2 Å². The number of nitrogens with zero attached hydrogens (tertiary/aromatic N) is 1. The number of amides is 1. The Balaban J connectivity index is 1.54. The first-order valence-electron chi connectivity index (χ1n) is 9.78. The highest BCUT2D eigenvalue weighted by Crippen LogP contribution is 2.32. The number of carbonyl (C=O) groups is 1. The summed E-state index contributed by atoms with van der Waals surface area (Å²) in [6.45, 7) is 5.73. The third-order valence-electron chi connectivity index (χ3n) is 4.92. The molecule has 0 atom stereocenters. The van der Waals surface area contributed by atoms with Crippen LogP contribution in [-0.4, -0.2) is 10.9 Å². The molecule has 0 aliphatic rings. The number of thiazole rings is 1. The number of anilines is 1. The van der Waals surface area contributed by atoms with Gasteiger partial charge in [-0.05, 0) is 73.4 Å². The summed E-state index contributed by atoms with van der Waals surface area (Å²) in [6.07, 6.45) is 1.78. The van der Waals surface area contributed by atoms with Crippen molar-refractivity contribution in [3.63, 3.8) is 0 Å². The van der Waals surface area contributed by atoms with Crippen LogP contribution in [0.3, 0.4) is 0 Å². The van der Waals surface area contributed by atoms with Crippen molar-refractivity contribution in [2.24, 2.45) is 0 Å². The van der Waals surface area contributed by atoms with E-state index >= 15 is 0 Å². The van der Waals surface area contributed by atoms with Crippen molar-refractivity contribution in [1.29, 1.82) is 0 Å². The molecule has 1 heterocycles. The fourth-order valence-electron chi connectivity index (χ4n) is 3.30. The number of carbonyl (C=O) groups excluding carboxylic acids is 1. The van der Waals surface area contributed by atoms with Gasteiger partial charge in [0.05, 0.1) is 5.56 Å². The molecule has 1 amide bonds. The van der Waals surface area contributed by atoms with E-state index in [0.29, 0.717) is 22.2 Å². The molecule has 1 aromatic heterocycles. The van der Waals surface area contributed by atoms with Crippen molar-refractivity contribution in [3.8, 4) is 22.1 Å². The van der Waals surface area contributed by atoms with Crippen LogP contribution in [0.25, 0.3) is 11.1 Å². The van der Waals surface area contributed by atoms with Gasteiger partial charge in [0.1, 0.15) is 11.6 Å². The highest BCUT2D eigenvalue weighted by Gasteiger charge is 2.15. The quantitative estimate of drug-likeness (QED) is 0.372. The molecular formula is C25H21FN2O2S. The van der Waals surface area contributed by atoms with Gasteiger partial charge >= 0.3 is 0 Å². The molecule has 0 bridgehead atoms. The zero-order valence-corrected chi connectivity index (χ0v) is 18.2. The van der Waals surface area contributed by atoms with Gasteiger partial charge in [-0.25, -0.2) is 9.37 Å². The van der Waals surface area contributed by atoms with Gasteiger partial charge in [0.25, 0.3) is 11.1 Å². The van der Waals surface area contributed by atoms with Crippen molar-refractivity contribution in [1.82, 2.24) is 4.98 Å². The second-order valence-corrected chi connectivity index (χ2v) is 8.48. The molecule has 6 heteroatoms. The topological polar surface area (TPSA) is 51.2 Å². The Kier molecular flexibility index (Phi) is 5.82. The Morgan fingerprint density at radius 2 is 1.77 bits per heavy atom. The van der Waals surface area contributed by atoms with E-state index in [4.69, 9.17) is 4.74 Å². The SMILES string of the molecule is Cc1cnc(Oc2ccc(C)c(-c3ccc(NC(=O)c4c(C)cccc4F)cc3)c2)s1. The van der Waals surface area contributed by atoms with Crippen LogP contribution in [-0.2, 0) is 0 Å². The lowest BCUT2D eigenvalue weighted by molar-refractivity contribution is 0.102. The average Bonchev–Trinajstić information content (AvgIpc) is 3.14. The summed E-state index contributed by atoms with van der Waals surface area (Å²) >= 11 is 1.50. The van der Waals surface area contributed by atoms with E-state index in [2.05, 4.69) is 10.3 Å². The minimum atomic E-state index is -0.531. The molecular weight excluding hydrogens is 411 g/mol. The van der Waals surface area contributed by atoms with E-state index in [9.17, 15) is 9.18 Å². The van der Waals surface area contributed by atoms with E-state index in [-0.39, 0.29) is 5.56 Å². The molecule has 0 fully saturated rings. The van der Waals surface area contributed by atoms with Crippen LogP contribution in [0, 0.1) is 26.6 Å². The molecule has 156 valence electrons. The maximum Gasteiger partial charge on any atom is 0.278 e. The number of nitrogens with one attached hydrogen (secondary N) is 1. The van der Waals surface area contributed by atoms with Crippen molar-refractivity contribution < 1.29 is 13.9 Å². The van der Waals surface area contributed by atoms with E-state index in [1.165, 1.54) is 17.4 Å². The van der Waals surface area contributed by atoms with Gasteiger partial charge in [0.2, 0.25) is 0 Å². The zero-order chi connectivity index (χ0) is 22.0. The number of hydrogen-bond donors (Lipinski definition) is 1. The van der Waals surface area contributed by atoms with Gasteiger partial charge < -0.3 is 10.1 Å². The highest BCUT2D eigenvalue weighted by atomic mass is 32.1. The van der Waals surface area contributed by atoms with E-state index in [0.717, 1.165) is 21.6 Å². The predicted molar refractivity (Wildman–Crippen MR) is 123 cm³/mol. The summed E-state index contributed by atoms with van der Waals surface area (Å²) in [4.78, 5) is 17.8. The lowest BCUT2D eigenvalue weighted by atomic mass is 10.00. The molecule has 0 aliphatic carbocycles. The summed E-state index contributed by atoms with van der Waals surface area (Å²) in [5.74, 6) is -0.284. The summed E-state index contributed by atoms with van der Waals surface area (Å²) in [5, 5.41) is 3.37. The van der Waals surface area contributed by atoms with Gasteiger partial charge in [-0.3, -0.25) is 4.79 Å². The molecule has 1 N–H and O–H groups in total. The maximum absolute atomic E-state index is 14.1. The maximum atomic E-state index is 14.1. The molecule has 4 nitrogen and oxygen atoms in total. The van der Waals surface area contributed by atoms with Crippen LogP contribution in [0.1, 0.15) is 26.4 Å².